The molecule has 3 rings (SSSR count). The molecule has 0 atom stereocenters. The molecule has 148 valence electrons. The molecule has 2 N–H and O–H groups in total. The predicted octanol–water partition coefficient (Wildman–Crippen LogP) is 2.24. The first-order chi connectivity index (χ1) is 11.6. The SMILES string of the molecule is Cc1ccccc1CN1CCN(C(=O)C2(CN)CCOCC2)CC1.Cl.Cl. The third-order valence-corrected chi connectivity index (χ3v) is 5.61. The fraction of sp³-hybridized carbons (Fsp3) is 0.632. The Morgan fingerprint density at radius 1 is 1.12 bits per heavy atom. The van der Waals surface area contributed by atoms with Crippen LogP contribution in [-0.2, 0) is 16.1 Å². The molecule has 2 saturated heterocycles. The van der Waals surface area contributed by atoms with Crippen molar-refractivity contribution < 1.29 is 9.53 Å². The third kappa shape index (κ3) is 5.11. The standard InChI is InChI=1S/C19H29N3O2.2ClH/c1-16-4-2-3-5-17(16)14-21-8-10-22(11-9-21)18(23)19(15-20)6-12-24-13-7-19;;/h2-5H,6-15,20H2,1H3;2*1H. The number of benzene rings is 1. The summed E-state index contributed by atoms with van der Waals surface area (Å²) >= 11 is 0. The maximum Gasteiger partial charge on any atom is 0.230 e. The molecular weight excluding hydrogens is 373 g/mol. The average Bonchev–Trinajstić information content (AvgIpc) is 2.64. The van der Waals surface area contributed by atoms with Crippen LogP contribution in [0.15, 0.2) is 24.3 Å². The number of halogens is 2. The largest absolute Gasteiger partial charge is 0.381 e. The Hall–Kier alpha value is -0.850. The number of piperazine rings is 1. The second-order valence-electron chi connectivity index (χ2n) is 7.09. The van der Waals surface area contributed by atoms with Crippen LogP contribution >= 0.6 is 24.8 Å². The second-order valence-corrected chi connectivity index (χ2v) is 7.09. The number of nitrogens with zero attached hydrogens (tertiary/aromatic N) is 2. The van der Waals surface area contributed by atoms with Crippen LogP contribution in [0.3, 0.4) is 0 Å². The topological polar surface area (TPSA) is 58.8 Å². The van der Waals surface area contributed by atoms with E-state index in [2.05, 4.69) is 36.1 Å². The minimum atomic E-state index is -0.392. The highest BCUT2D eigenvalue weighted by atomic mass is 35.5. The van der Waals surface area contributed by atoms with Gasteiger partial charge < -0.3 is 15.4 Å². The molecule has 5 nitrogen and oxygen atoms in total. The zero-order chi connectivity index (χ0) is 17.0. The first-order valence-corrected chi connectivity index (χ1v) is 8.99. The quantitative estimate of drug-likeness (QED) is 0.836. The van der Waals surface area contributed by atoms with Crippen molar-refractivity contribution in [1.29, 1.82) is 0 Å². The third-order valence-electron chi connectivity index (χ3n) is 5.61. The minimum Gasteiger partial charge on any atom is -0.381 e. The molecule has 0 spiro atoms. The lowest BCUT2D eigenvalue weighted by molar-refractivity contribution is -0.149. The lowest BCUT2D eigenvalue weighted by atomic mass is 9.78. The van der Waals surface area contributed by atoms with E-state index in [1.807, 2.05) is 4.90 Å². The summed E-state index contributed by atoms with van der Waals surface area (Å²) < 4.78 is 5.42. The van der Waals surface area contributed by atoms with Crippen LogP contribution < -0.4 is 5.73 Å². The Bertz CT molecular complexity index is 572. The maximum absolute atomic E-state index is 13.0. The van der Waals surface area contributed by atoms with Crippen molar-refractivity contribution in [3.63, 3.8) is 0 Å². The summed E-state index contributed by atoms with van der Waals surface area (Å²) in [5, 5.41) is 0. The van der Waals surface area contributed by atoms with E-state index < -0.39 is 5.41 Å². The highest BCUT2D eigenvalue weighted by Gasteiger charge is 2.42. The molecule has 0 aliphatic carbocycles. The fourth-order valence-electron chi connectivity index (χ4n) is 3.74. The molecule has 2 heterocycles. The van der Waals surface area contributed by atoms with Crippen molar-refractivity contribution in [3.05, 3.63) is 35.4 Å². The molecule has 0 bridgehead atoms. The molecule has 1 aromatic rings. The van der Waals surface area contributed by atoms with Gasteiger partial charge in [0, 0.05) is 52.5 Å². The van der Waals surface area contributed by atoms with Crippen LogP contribution in [0.25, 0.3) is 0 Å². The molecule has 1 amide bonds. The van der Waals surface area contributed by atoms with Crippen LogP contribution in [-0.4, -0.2) is 61.6 Å². The van der Waals surface area contributed by atoms with Gasteiger partial charge in [-0.25, -0.2) is 0 Å². The molecule has 0 radical (unpaired) electrons. The number of nitrogens with two attached hydrogens (primary N) is 1. The zero-order valence-electron chi connectivity index (χ0n) is 15.5. The Balaban J connectivity index is 0.00000169. The van der Waals surface area contributed by atoms with Crippen molar-refractivity contribution in [3.8, 4) is 0 Å². The number of carbonyl (C=O) groups is 1. The van der Waals surface area contributed by atoms with E-state index in [1.165, 1.54) is 11.1 Å². The van der Waals surface area contributed by atoms with E-state index in [9.17, 15) is 4.79 Å². The molecule has 0 aromatic heterocycles. The molecular formula is C19H31Cl2N3O2. The number of rotatable bonds is 4. The maximum atomic E-state index is 13.0. The lowest BCUT2D eigenvalue weighted by Gasteiger charge is -2.42. The van der Waals surface area contributed by atoms with E-state index in [1.54, 1.807) is 0 Å². The monoisotopic (exact) mass is 403 g/mol. The van der Waals surface area contributed by atoms with Crippen molar-refractivity contribution in [2.24, 2.45) is 11.1 Å². The number of carbonyl (C=O) groups excluding carboxylic acids is 1. The van der Waals surface area contributed by atoms with Crippen molar-refractivity contribution >= 4 is 30.7 Å². The van der Waals surface area contributed by atoms with Crippen LogP contribution in [0.2, 0.25) is 0 Å². The first kappa shape index (κ1) is 23.2. The van der Waals surface area contributed by atoms with E-state index >= 15 is 0 Å². The average molecular weight is 404 g/mol. The summed E-state index contributed by atoms with van der Waals surface area (Å²) in [7, 11) is 0. The van der Waals surface area contributed by atoms with E-state index in [-0.39, 0.29) is 30.7 Å². The van der Waals surface area contributed by atoms with Crippen molar-refractivity contribution in [1.82, 2.24) is 9.80 Å². The predicted molar refractivity (Wildman–Crippen MR) is 109 cm³/mol. The van der Waals surface area contributed by atoms with Gasteiger partial charge in [0.25, 0.3) is 0 Å². The van der Waals surface area contributed by atoms with Gasteiger partial charge in [-0.05, 0) is 30.9 Å². The summed E-state index contributed by atoms with van der Waals surface area (Å²) in [5.41, 5.74) is 8.29. The Morgan fingerprint density at radius 3 is 2.31 bits per heavy atom. The van der Waals surface area contributed by atoms with Gasteiger partial charge in [0.15, 0.2) is 0 Å². The Kier molecular flexibility index (Phi) is 9.34. The van der Waals surface area contributed by atoms with Gasteiger partial charge in [-0.15, -0.1) is 24.8 Å². The first-order valence-electron chi connectivity index (χ1n) is 8.99. The molecule has 0 unspecified atom stereocenters. The number of hydrogen-bond donors (Lipinski definition) is 1. The van der Waals surface area contributed by atoms with Crippen LogP contribution in [0, 0.1) is 12.3 Å². The van der Waals surface area contributed by atoms with Gasteiger partial charge in [0.2, 0.25) is 5.91 Å². The van der Waals surface area contributed by atoms with Gasteiger partial charge >= 0.3 is 0 Å². The smallest absolute Gasteiger partial charge is 0.230 e. The van der Waals surface area contributed by atoms with Crippen LogP contribution in [0.1, 0.15) is 24.0 Å². The van der Waals surface area contributed by atoms with E-state index in [4.69, 9.17) is 10.5 Å². The zero-order valence-corrected chi connectivity index (χ0v) is 17.1. The number of hydrogen-bond acceptors (Lipinski definition) is 4. The summed E-state index contributed by atoms with van der Waals surface area (Å²) in [6, 6.07) is 8.53. The molecule has 2 aliphatic rings. The van der Waals surface area contributed by atoms with Gasteiger partial charge in [-0.1, -0.05) is 24.3 Å². The van der Waals surface area contributed by atoms with E-state index in [0.29, 0.717) is 19.8 Å². The van der Waals surface area contributed by atoms with Crippen LogP contribution in [0.4, 0.5) is 0 Å². The summed E-state index contributed by atoms with van der Waals surface area (Å²) in [4.78, 5) is 17.5. The lowest BCUT2D eigenvalue weighted by Crippen LogP contribution is -2.56. The number of amides is 1. The Labute approximate surface area is 169 Å². The van der Waals surface area contributed by atoms with Crippen LogP contribution in [0.5, 0.6) is 0 Å². The molecule has 0 saturated carbocycles. The second kappa shape index (κ2) is 10.5. The van der Waals surface area contributed by atoms with Crippen molar-refractivity contribution in [2.75, 3.05) is 45.9 Å². The van der Waals surface area contributed by atoms with Gasteiger partial charge in [0.1, 0.15) is 0 Å². The molecule has 2 aliphatic heterocycles. The molecule has 2 fully saturated rings. The molecule has 26 heavy (non-hydrogen) atoms. The number of ether oxygens (including phenoxy) is 1. The fourth-order valence-corrected chi connectivity index (χ4v) is 3.74. The Morgan fingerprint density at radius 2 is 1.73 bits per heavy atom. The van der Waals surface area contributed by atoms with Gasteiger partial charge in [0.05, 0.1) is 5.41 Å². The summed E-state index contributed by atoms with van der Waals surface area (Å²) in [6.07, 6.45) is 1.51. The summed E-state index contributed by atoms with van der Waals surface area (Å²) in [6.45, 7) is 8.30. The molecule has 7 heteroatoms. The van der Waals surface area contributed by atoms with Crippen molar-refractivity contribution in [2.45, 2.75) is 26.3 Å². The highest BCUT2D eigenvalue weighted by molar-refractivity contribution is 5.85. The van der Waals surface area contributed by atoms with Gasteiger partial charge in [-0.3, -0.25) is 9.69 Å². The van der Waals surface area contributed by atoms with Gasteiger partial charge in [-0.2, -0.15) is 0 Å². The highest BCUT2D eigenvalue weighted by Crippen LogP contribution is 2.32. The van der Waals surface area contributed by atoms with E-state index in [0.717, 1.165) is 45.6 Å². The minimum absolute atomic E-state index is 0. The normalized spacial score (nSPS) is 20.0. The summed E-state index contributed by atoms with van der Waals surface area (Å²) in [5.74, 6) is 0.240. The number of aryl methyl sites for hydroxylation is 1. The molecule has 1 aromatic carbocycles.